The van der Waals surface area contributed by atoms with Gasteiger partial charge in [-0.1, -0.05) is 13.0 Å². The van der Waals surface area contributed by atoms with Crippen molar-refractivity contribution in [1.82, 2.24) is 5.32 Å². The van der Waals surface area contributed by atoms with Crippen LogP contribution in [0.3, 0.4) is 0 Å². The van der Waals surface area contributed by atoms with E-state index < -0.39 is 17.6 Å². The van der Waals surface area contributed by atoms with Crippen molar-refractivity contribution in [3.63, 3.8) is 0 Å². The Morgan fingerprint density at radius 3 is 2.53 bits per heavy atom. The first-order valence-electron chi connectivity index (χ1n) is 6.01. The zero-order valence-electron chi connectivity index (χ0n) is 10.9. The van der Waals surface area contributed by atoms with Crippen LogP contribution in [-0.4, -0.2) is 18.6 Å². The number of benzene rings is 1. The van der Waals surface area contributed by atoms with Crippen molar-refractivity contribution in [2.24, 2.45) is 0 Å². The number of nitrogens with one attached hydrogen (secondary N) is 1. The third-order valence-electron chi connectivity index (χ3n) is 2.68. The van der Waals surface area contributed by atoms with E-state index in [-0.39, 0.29) is 6.04 Å². The molecule has 1 atom stereocenters. The lowest BCUT2D eigenvalue weighted by atomic mass is 10.0. The Bertz CT molecular complexity index is 406. The van der Waals surface area contributed by atoms with Gasteiger partial charge in [-0.25, -0.2) is 4.39 Å². The molecule has 1 aromatic carbocycles. The summed E-state index contributed by atoms with van der Waals surface area (Å²) in [4.78, 5) is 0. The molecule has 0 spiro atoms. The summed E-state index contributed by atoms with van der Waals surface area (Å²) in [6, 6.07) is 2.96. The second-order valence-corrected chi connectivity index (χ2v) is 5.30. The molecule has 108 valence electrons. The predicted molar refractivity (Wildman–Crippen MR) is 70.8 cm³/mol. The van der Waals surface area contributed by atoms with Crippen LogP contribution in [0.2, 0.25) is 0 Å². The van der Waals surface area contributed by atoms with Crippen LogP contribution < -0.4 is 5.32 Å². The monoisotopic (exact) mass is 295 g/mol. The molecule has 0 aliphatic heterocycles. The van der Waals surface area contributed by atoms with Gasteiger partial charge in [0.1, 0.15) is 5.82 Å². The van der Waals surface area contributed by atoms with Gasteiger partial charge in [-0.05, 0) is 36.9 Å². The molecule has 19 heavy (non-hydrogen) atoms. The Morgan fingerprint density at radius 2 is 2.00 bits per heavy atom. The largest absolute Gasteiger partial charge is 0.419 e. The van der Waals surface area contributed by atoms with Gasteiger partial charge in [-0.2, -0.15) is 24.9 Å². The molecule has 0 saturated carbocycles. The minimum Gasteiger partial charge on any atom is -0.312 e. The number of halogens is 4. The van der Waals surface area contributed by atoms with Crippen molar-refractivity contribution in [3.8, 4) is 0 Å². The SMILES string of the molecule is CCCSCC(NC)c1ccc(F)c(C(F)(F)F)c1. The first-order valence-corrected chi connectivity index (χ1v) is 7.17. The average Bonchev–Trinajstić information content (AvgIpc) is 2.34. The Morgan fingerprint density at radius 1 is 1.32 bits per heavy atom. The Hall–Kier alpha value is -0.750. The summed E-state index contributed by atoms with van der Waals surface area (Å²) in [5.41, 5.74) is -0.745. The van der Waals surface area contributed by atoms with E-state index in [1.165, 1.54) is 6.07 Å². The fourth-order valence-corrected chi connectivity index (χ4v) is 2.72. The molecule has 6 heteroatoms. The summed E-state index contributed by atoms with van der Waals surface area (Å²) in [5, 5.41) is 2.96. The molecule has 1 aromatic rings. The Labute approximate surface area is 114 Å². The van der Waals surface area contributed by atoms with Gasteiger partial charge in [0.05, 0.1) is 5.56 Å². The molecule has 0 radical (unpaired) electrons. The van der Waals surface area contributed by atoms with Crippen molar-refractivity contribution in [2.45, 2.75) is 25.6 Å². The minimum atomic E-state index is -4.66. The van der Waals surface area contributed by atoms with E-state index in [0.29, 0.717) is 11.3 Å². The molecule has 1 nitrogen and oxygen atoms in total. The molecule has 1 N–H and O–H groups in total. The van der Waals surface area contributed by atoms with Crippen LogP contribution in [0.1, 0.15) is 30.5 Å². The van der Waals surface area contributed by atoms with Gasteiger partial charge in [0, 0.05) is 11.8 Å². The van der Waals surface area contributed by atoms with E-state index in [0.717, 1.165) is 24.3 Å². The van der Waals surface area contributed by atoms with Crippen LogP contribution in [0.15, 0.2) is 18.2 Å². The molecule has 1 rings (SSSR count). The molecule has 0 aromatic heterocycles. The van der Waals surface area contributed by atoms with Gasteiger partial charge in [0.25, 0.3) is 0 Å². The van der Waals surface area contributed by atoms with Crippen molar-refractivity contribution in [2.75, 3.05) is 18.6 Å². The molecule has 0 aliphatic rings. The maximum absolute atomic E-state index is 13.2. The highest BCUT2D eigenvalue weighted by Gasteiger charge is 2.34. The van der Waals surface area contributed by atoms with Gasteiger partial charge in [-0.15, -0.1) is 0 Å². The van der Waals surface area contributed by atoms with E-state index in [1.54, 1.807) is 18.8 Å². The first kappa shape index (κ1) is 16.3. The number of thioether (sulfide) groups is 1. The molecule has 1 unspecified atom stereocenters. The van der Waals surface area contributed by atoms with Crippen molar-refractivity contribution < 1.29 is 17.6 Å². The molecule has 0 aliphatic carbocycles. The molecule has 0 amide bonds. The van der Waals surface area contributed by atoms with Crippen LogP contribution in [-0.2, 0) is 6.18 Å². The maximum atomic E-state index is 13.2. The minimum absolute atomic E-state index is 0.210. The summed E-state index contributed by atoms with van der Waals surface area (Å²) < 4.78 is 51.1. The summed E-state index contributed by atoms with van der Waals surface area (Å²) >= 11 is 1.66. The summed E-state index contributed by atoms with van der Waals surface area (Å²) in [6.45, 7) is 2.04. The summed E-state index contributed by atoms with van der Waals surface area (Å²) in [6.07, 6.45) is -3.65. The lowest BCUT2D eigenvalue weighted by Crippen LogP contribution is -2.20. The number of rotatable bonds is 6. The highest BCUT2D eigenvalue weighted by atomic mass is 32.2. The summed E-state index contributed by atoms with van der Waals surface area (Å²) in [5.74, 6) is 0.381. The van der Waals surface area contributed by atoms with Crippen molar-refractivity contribution in [1.29, 1.82) is 0 Å². The molecule has 0 bridgehead atoms. The molecular weight excluding hydrogens is 278 g/mol. The lowest BCUT2D eigenvalue weighted by Gasteiger charge is -2.18. The van der Waals surface area contributed by atoms with Crippen LogP contribution >= 0.6 is 11.8 Å². The van der Waals surface area contributed by atoms with Gasteiger partial charge < -0.3 is 5.32 Å². The van der Waals surface area contributed by atoms with Crippen molar-refractivity contribution >= 4 is 11.8 Å². The zero-order chi connectivity index (χ0) is 14.5. The smallest absolute Gasteiger partial charge is 0.312 e. The van der Waals surface area contributed by atoms with E-state index in [9.17, 15) is 17.6 Å². The maximum Gasteiger partial charge on any atom is 0.419 e. The van der Waals surface area contributed by atoms with E-state index in [2.05, 4.69) is 5.32 Å². The Kier molecular flexibility index (Phi) is 6.13. The topological polar surface area (TPSA) is 12.0 Å². The third-order valence-corrected chi connectivity index (χ3v) is 3.95. The number of alkyl halides is 3. The van der Waals surface area contributed by atoms with Gasteiger partial charge in [-0.3, -0.25) is 0 Å². The fraction of sp³-hybridized carbons (Fsp3) is 0.538. The van der Waals surface area contributed by atoms with Gasteiger partial charge in [0.2, 0.25) is 0 Å². The van der Waals surface area contributed by atoms with Gasteiger partial charge in [0.15, 0.2) is 0 Å². The number of hydrogen-bond donors (Lipinski definition) is 1. The van der Waals surface area contributed by atoms with Gasteiger partial charge >= 0.3 is 6.18 Å². The van der Waals surface area contributed by atoms with Crippen LogP contribution in [0.4, 0.5) is 17.6 Å². The number of hydrogen-bond acceptors (Lipinski definition) is 2. The quantitative estimate of drug-likeness (QED) is 0.622. The molecular formula is C13H17F4NS. The zero-order valence-corrected chi connectivity index (χ0v) is 11.7. The molecule has 0 saturated heterocycles. The second-order valence-electron chi connectivity index (χ2n) is 4.15. The normalized spacial score (nSPS) is 13.6. The van der Waals surface area contributed by atoms with E-state index in [1.807, 2.05) is 6.92 Å². The first-order chi connectivity index (χ1) is 8.90. The lowest BCUT2D eigenvalue weighted by molar-refractivity contribution is -0.140. The van der Waals surface area contributed by atoms with Crippen LogP contribution in [0, 0.1) is 5.82 Å². The fourth-order valence-electron chi connectivity index (χ4n) is 1.67. The van der Waals surface area contributed by atoms with E-state index in [4.69, 9.17) is 0 Å². The second kappa shape index (κ2) is 7.14. The standard InChI is InChI=1S/C13H17F4NS/c1-3-6-19-8-12(18-2)9-4-5-11(14)10(7-9)13(15,16)17/h4-5,7,12,18H,3,6,8H2,1-2H3. The highest BCUT2D eigenvalue weighted by molar-refractivity contribution is 7.99. The van der Waals surface area contributed by atoms with Crippen LogP contribution in [0.25, 0.3) is 0 Å². The Balaban J connectivity index is 2.93. The van der Waals surface area contributed by atoms with Crippen molar-refractivity contribution in [3.05, 3.63) is 35.1 Å². The third kappa shape index (κ3) is 4.69. The molecule has 0 heterocycles. The molecule has 0 fully saturated rings. The summed E-state index contributed by atoms with van der Waals surface area (Å²) in [7, 11) is 1.69. The predicted octanol–water partition coefficient (Wildman–Crippen LogP) is 4.25. The highest BCUT2D eigenvalue weighted by Crippen LogP contribution is 2.33. The van der Waals surface area contributed by atoms with E-state index >= 15 is 0 Å². The average molecular weight is 295 g/mol. The van der Waals surface area contributed by atoms with Crippen LogP contribution in [0.5, 0.6) is 0 Å².